The molecule has 1 heterocycles. The molecule has 168 valence electrons. The van der Waals surface area contributed by atoms with Gasteiger partial charge in [0.15, 0.2) is 17.3 Å². The third-order valence-corrected chi connectivity index (χ3v) is 5.40. The monoisotopic (exact) mass is 498 g/mol. The van der Waals surface area contributed by atoms with Crippen molar-refractivity contribution in [2.45, 2.75) is 0 Å². The van der Waals surface area contributed by atoms with Crippen molar-refractivity contribution in [2.24, 2.45) is 0 Å². The summed E-state index contributed by atoms with van der Waals surface area (Å²) in [5, 5.41) is 25.4. The predicted octanol–water partition coefficient (Wildman–Crippen LogP) is -4.70. The molecule has 0 saturated carbocycles. The molecular formula is C6H9B3O18S3. The molecule has 0 amide bonds. The van der Waals surface area contributed by atoms with Crippen molar-refractivity contribution >= 4 is 70.2 Å². The summed E-state index contributed by atoms with van der Waals surface area (Å²) in [6.45, 7) is 0. The highest BCUT2D eigenvalue weighted by Gasteiger charge is 2.52. The van der Waals surface area contributed by atoms with E-state index < -0.39 is 87.5 Å². The quantitative estimate of drug-likeness (QED) is 0.213. The Hall–Kier alpha value is -1.79. The van der Waals surface area contributed by atoms with Gasteiger partial charge in [0, 0.05) is 0 Å². The van der Waals surface area contributed by atoms with Gasteiger partial charge in [0.2, 0.25) is 0 Å². The molecule has 1 rings (SSSR count). The number of hydrogen-bond acceptors (Lipinski definition) is 15. The standard InChI is InChI=1S/C6H9B3O18S3/c10-4(11)1-28(16,17)25-7-22-8(26-29(18,19)2-5(12)13)24-9(23-7)27-30(20,21)3-6(14)15/h1-3H2,(H,10,11)(H,12,13)(H,14,15). The van der Waals surface area contributed by atoms with Gasteiger partial charge in [0.05, 0.1) is 0 Å². The summed E-state index contributed by atoms with van der Waals surface area (Å²) in [5.41, 5.74) is 0. The Bertz CT molecular complexity index is 850. The van der Waals surface area contributed by atoms with Crippen molar-refractivity contribution < 1.29 is 81.0 Å². The second kappa shape index (κ2) is 10.0. The third-order valence-electron chi connectivity index (χ3n) is 2.24. The van der Waals surface area contributed by atoms with E-state index in [0.717, 1.165) is 0 Å². The van der Waals surface area contributed by atoms with Crippen LogP contribution in [-0.2, 0) is 70.8 Å². The van der Waals surface area contributed by atoms with Crippen molar-refractivity contribution in [1.29, 1.82) is 0 Å². The van der Waals surface area contributed by atoms with Gasteiger partial charge in [0.25, 0.3) is 30.4 Å². The molecule has 0 aromatic heterocycles. The minimum atomic E-state index is -4.96. The Morgan fingerprint density at radius 3 is 0.933 bits per heavy atom. The van der Waals surface area contributed by atoms with Crippen LogP contribution in [0.4, 0.5) is 0 Å². The normalized spacial score (nSPS) is 15.8. The van der Waals surface area contributed by atoms with Crippen LogP contribution in [0, 0.1) is 0 Å². The first kappa shape index (κ1) is 26.3. The first-order valence-electron chi connectivity index (χ1n) is 6.83. The molecule has 24 heteroatoms. The molecule has 0 aromatic rings. The average molecular weight is 498 g/mol. The van der Waals surface area contributed by atoms with Crippen LogP contribution in [0.15, 0.2) is 0 Å². The summed E-state index contributed by atoms with van der Waals surface area (Å²) >= 11 is 0. The van der Waals surface area contributed by atoms with Crippen LogP contribution in [0.25, 0.3) is 0 Å². The first-order valence-corrected chi connectivity index (χ1v) is 11.6. The van der Waals surface area contributed by atoms with Gasteiger partial charge in [-0.2, -0.15) is 0 Å². The number of carbonyl (C=O) groups is 3. The zero-order valence-electron chi connectivity index (χ0n) is 14.0. The van der Waals surface area contributed by atoms with Gasteiger partial charge in [-0.3, -0.25) is 26.7 Å². The van der Waals surface area contributed by atoms with E-state index in [1.54, 1.807) is 0 Å². The van der Waals surface area contributed by atoms with Gasteiger partial charge in [-0.25, -0.2) is 25.3 Å². The van der Waals surface area contributed by atoms with Gasteiger partial charge >= 0.3 is 39.9 Å². The van der Waals surface area contributed by atoms with Gasteiger partial charge in [-0.1, -0.05) is 0 Å². The minimum Gasteiger partial charge on any atom is -0.480 e. The fourth-order valence-electron chi connectivity index (χ4n) is 1.42. The molecule has 0 unspecified atom stereocenters. The van der Waals surface area contributed by atoms with Gasteiger partial charge < -0.3 is 29.0 Å². The lowest BCUT2D eigenvalue weighted by atomic mass is 9.98. The largest absolute Gasteiger partial charge is 0.630 e. The lowest BCUT2D eigenvalue weighted by Crippen LogP contribution is -2.54. The lowest BCUT2D eigenvalue weighted by Gasteiger charge is -2.26. The zero-order valence-corrected chi connectivity index (χ0v) is 16.5. The summed E-state index contributed by atoms with van der Waals surface area (Å²) in [5.74, 6) is -10.6. The number of aliphatic carboxylic acids is 3. The second-order valence-electron chi connectivity index (χ2n) is 4.85. The highest BCUT2D eigenvalue weighted by molar-refractivity contribution is 7.89. The summed E-state index contributed by atoms with van der Waals surface area (Å²) in [7, 11) is -22.7. The van der Waals surface area contributed by atoms with Crippen LogP contribution >= 0.6 is 0 Å². The lowest BCUT2D eigenvalue weighted by molar-refractivity contribution is -0.135. The van der Waals surface area contributed by atoms with Crippen LogP contribution in [-0.4, -0.2) is 97.7 Å². The molecule has 0 aliphatic carbocycles. The summed E-state index contributed by atoms with van der Waals surface area (Å²) in [6.07, 6.45) is 0. The van der Waals surface area contributed by atoms with Crippen LogP contribution < -0.4 is 0 Å². The SMILES string of the molecule is O=C(O)CS(=O)(=O)OB1OB(OS(=O)(=O)CC(=O)O)OB(OS(=O)(=O)CC(=O)O)O1. The molecule has 1 saturated heterocycles. The zero-order chi connectivity index (χ0) is 23.3. The van der Waals surface area contributed by atoms with E-state index in [4.69, 9.17) is 15.3 Å². The highest BCUT2D eigenvalue weighted by Crippen LogP contribution is 2.16. The van der Waals surface area contributed by atoms with Crippen LogP contribution in [0.5, 0.6) is 0 Å². The number of carboxylic acids is 3. The van der Waals surface area contributed by atoms with Gasteiger partial charge in [-0.05, 0) is 0 Å². The predicted molar refractivity (Wildman–Crippen MR) is 88.0 cm³/mol. The smallest absolute Gasteiger partial charge is 0.480 e. The molecule has 1 aliphatic rings. The fraction of sp³-hybridized carbons (Fsp3) is 0.500. The number of hydrogen-bond donors (Lipinski definition) is 3. The van der Waals surface area contributed by atoms with Crippen LogP contribution in [0.3, 0.4) is 0 Å². The minimum absolute atomic E-state index is 1.64. The van der Waals surface area contributed by atoms with Gasteiger partial charge in [-0.15, -0.1) is 0 Å². The Labute approximate surface area is 168 Å². The van der Waals surface area contributed by atoms with Crippen molar-refractivity contribution in [3.63, 3.8) is 0 Å². The number of rotatable bonds is 12. The molecule has 0 spiro atoms. The second-order valence-corrected chi connectivity index (χ2v) is 9.64. The maximum atomic E-state index is 11.5. The molecular weight excluding hydrogens is 489 g/mol. The third kappa shape index (κ3) is 10.3. The van der Waals surface area contributed by atoms with E-state index in [1.807, 2.05) is 0 Å². The summed E-state index contributed by atoms with van der Waals surface area (Å²) in [6, 6.07) is 0. The maximum Gasteiger partial charge on any atom is 0.630 e. The van der Waals surface area contributed by atoms with Crippen molar-refractivity contribution in [2.75, 3.05) is 17.3 Å². The molecule has 1 aliphatic heterocycles. The maximum absolute atomic E-state index is 11.5. The molecule has 0 atom stereocenters. The number of carboxylic acid groups (broad SMARTS) is 3. The molecule has 0 aromatic carbocycles. The Balaban J connectivity index is 3.05. The highest BCUT2D eigenvalue weighted by atomic mass is 32.2. The molecule has 1 fully saturated rings. The van der Waals surface area contributed by atoms with E-state index in [-0.39, 0.29) is 0 Å². The molecule has 18 nitrogen and oxygen atoms in total. The molecule has 0 bridgehead atoms. The Morgan fingerprint density at radius 2 is 0.767 bits per heavy atom. The van der Waals surface area contributed by atoms with Crippen LogP contribution in [0.1, 0.15) is 0 Å². The average Bonchev–Trinajstić information content (AvgIpc) is 2.39. The molecule has 0 radical (unpaired) electrons. The van der Waals surface area contributed by atoms with E-state index in [2.05, 4.69) is 26.0 Å². The van der Waals surface area contributed by atoms with E-state index in [9.17, 15) is 39.6 Å². The first-order chi connectivity index (χ1) is 13.5. The fourth-order valence-corrected chi connectivity index (χ4v) is 3.52. The Kier molecular flexibility index (Phi) is 8.76. The summed E-state index contributed by atoms with van der Waals surface area (Å²) in [4.78, 5) is 31.4. The summed E-state index contributed by atoms with van der Waals surface area (Å²) < 4.78 is 94.7. The molecule has 3 N–H and O–H groups in total. The van der Waals surface area contributed by atoms with Crippen LogP contribution in [0.2, 0.25) is 0 Å². The van der Waals surface area contributed by atoms with Crippen molar-refractivity contribution in [3.05, 3.63) is 0 Å². The van der Waals surface area contributed by atoms with Crippen molar-refractivity contribution in [3.8, 4) is 0 Å². The van der Waals surface area contributed by atoms with E-state index >= 15 is 0 Å². The van der Waals surface area contributed by atoms with Crippen molar-refractivity contribution in [1.82, 2.24) is 0 Å². The topological polar surface area (TPSA) is 270 Å². The Morgan fingerprint density at radius 1 is 0.567 bits per heavy atom. The van der Waals surface area contributed by atoms with Gasteiger partial charge in [0.1, 0.15) is 0 Å². The van der Waals surface area contributed by atoms with E-state index in [0.29, 0.717) is 0 Å². The van der Waals surface area contributed by atoms with E-state index in [1.165, 1.54) is 0 Å². The molecule has 30 heavy (non-hydrogen) atoms.